The Hall–Kier alpha value is -3.03. The smallest absolute Gasteiger partial charge is 0.271 e. The Kier molecular flexibility index (Phi) is 7.07. The van der Waals surface area contributed by atoms with E-state index in [0.29, 0.717) is 44.3 Å². The first kappa shape index (κ1) is 21.2. The molecule has 31 heavy (non-hydrogen) atoms. The number of benzene rings is 2. The highest BCUT2D eigenvalue weighted by molar-refractivity contribution is 5.93. The number of rotatable bonds is 8. The van der Waals surface area contributed by atoms with Crippen molar-refractivity contribution in [2.45, 2.75) is 25.6 Å². The third-order valence-corrected chi connectivity index (χ3v) is 5.37. The van der Waals surface area contributed by atoms with Crippen LogP contribution >= 0.6 is 0 Å². The molecule has 162 valence electrons. The van der Waals surface area contributed by atoms with Gasteiger partial charge in [-0.3, -0.25) is 9.89 Å². The summed E-state index contributed by atoms with van der Waals surface area (Å²) in [6, 6.07) is 17.8. The third kappa shape index (κ3) is 5.77. The minimum atomic E-state index is -0.302. The Balaban J connectivity index is 1.18. The van der Waals surface area contributed by atoms with Gasteiger partial charge in [0, 0.05) is 18.7 Å². The van der Waals surface area contributed by atoms with Crippen molar-refractivity contribution in [3.8, 4) is 11.3 Å². The van der Waals surface area contributed by atoms with Gasteiger partial charge in [-0.25, -0.2) is 4.39 Å². The zero-order valence-electron chi connectivity index (χ0n) is 17.3. The maximum atomic E-state index is 13.1. The molecule has 0 radical (unpaired) electrons. The van der Waals surface area contributed by atoms with E-state index in [4.69, 9.17) is 9.47 Å². The second-order valence-electron chi connectivity index (χ2n) is 7.57. The molecular formula is C24H26FN3O3. The molecule has 1 N–H and O–H groups in total. The summed E-state index contributed by atoms with van der Waals surface area (Å²) >= 11 is 0. The van der Waals surface area contributed by atoms with E-state index in [-0.39, 0.29) is 17.8 Å². The third-order valence-electron chi connectivity index (χ3n) is 5.37. The zero-order valence-corrected chi connectivity index (χ0v) is 17.3. The minimum absolute atomic E-state index is 0.0782. The van der Waals surface area contributed by atoms with Gasteiger partial charge in [-0.05, 0) is 48.7 Å². The molecule has 3 aromatic rings. The van der Waals surface area contributed by atoms with E-state index in [1.807, 2.05) is 35.2 Å². The van der Waals surface area contributed by atoms with Crippen LogP contribution in [-0.2, 0) is 16.1 Å². The fourth-order valence-corrected chi connectivity index (χ4v) is 3.63. The van der Waals surface area contributed by atoms with Crippen LogP contribution in [0.15, 0.2) is 60.7 Å². The van der Waals surface area contributed by atoms with Crippen LogP contribution in [0.1, 0.15) is 28.9 Å². The molecule has 2 heterocycles. The number of nitrogens with one attached hydrogen (secondary N) is 1. The van der Waals surface area contributed by atoms with Crippen LogP contribution in [0.2, 0.25) is 0 Å². The largest absolute Gasteiger partial charge is 0.376 e. The summed E-state index contributed by atoms with van der Waals surface area (Å²) < 4.78 is 24.7. The van der Waals surface area contributed by atoms with Gasteiger partial charge in [0.1, 0.15) is 11.5 Å². The number of hydrogen-bond acceptors (Lipinski definition) is 4. The van der Waals surface area contributed by atoms with Crippen LogP contribution in [-0.4, -0.2) is 53.4 Å². The summed E-state index contributed by atoms with van der Waals surface area (Å²) in [6.45, 7) is 2.96. The Labute approximate surface area is 181 Å². The van der Waals surface area contributed by atoms with Gasteiger partial charge in [0.15, 0.2) is 0 Å². The number of nitrogens with zero attached hydrogens (tertiary/aromatic N) is 2. The van der Waals surface area contributed by atoms with Crippen molar-refractivity contribution < 1.29 is 18.7 Å². The van der Waals surface area contributed by atoms with Gasteiger partial charge in [0.05, 0.1) is 31.6 Å². The molecule has 1 aliphatic rings. The molecule has 1 amide bonds. The topological polar surface area (TPSA) is 67.5 Å². The molecule has 0 unspecified atom stereocenters. The number of H-pyrrole nitrogens is 1. The lowest BCUT2D eigenvalue weighted by atomic mass is 10.1. The molecule has 0 bridgehead atoms. The number of piperidine rings is 1. The van der Waals surface area contributed by atoms with Crippen molar-refractivity contribution in [1.82, 2.24) is 15.1 Å². The van der Waals surface area contributed by atoms with Gasteiger partial charge >= 0.3 is 0 Å². The van der Waals surface area contributed by atoms with Gasteiger partial charge < -0.3 is 14.4 Å². The number of amides is 1. The van der Waals surface area contributed by atoms with E-state index in [1.165, 1.54) is 12.1 Å². The monoisotopic (exact) mass is 423 g/mol. The van der Waals surface area contributed by atoms with Crippen LogP contribution in [0.25, 0.3) is 11.3 Å². The first-order chi connectivity index (χ1) is 15.2. The highest BCUT2D eigenvalue weighted by Crippen LogP contribution is 2.20. The van der Waals surface area contributed by atoms with Crippen LogP contribution in [0.5, 0.6) is 0 Å². The Morgan fingerprint density at radius 3 is 2.55 bits per heavy atom. The standard InChI is InChI=1S/C24H26FN3O3/c25-20-8-6-19(7-9-20)22-16-23(27-26-22)24(29)28-12-10-21(11-13-28)31-15-14-30-17-18-4-2-1-3-5-18/h1-9,16,21H,10-15,17H2,(H,26,27). The van der Waals surface area contributed by atoms with E-state index in [1.54, 1.807) is 18.2 Å². The van der Waals surface area contributed by atoms with Gasteiger partial charge in [-0.15, -0.1) is 0 Å². The molecule has 1 fully saturated rings. The van der Waals surface area contributed by atoms with E-state index in [0.717, 1.165) is 24.0 Å². The number of hydrogen-bond donors (Lipinski definition) is 1. The molecule has 7 heteroatoms. The average molecular weight is 423 g/mol. The van der Waals surface area contributed by atoms with Crippen molar-refractivity contribution in [2.75, 3.05) is 26.3 Å². The van der Waals surface area contributed by atoms with E-state index in [9.17, 15) is 9.18 Å². The molecule has 0 saturated carbocycles. The van der Waals surface area contributed by atoms with Crippen molar-refractivity contribution in [3.63, 3.8) is 0 Å². The number of carbonyl (C=O) groups is 1. The fraction of sp³-hybridized carbons (Fsp3) is 0.333. The summed E-state index contributed by atoms with van der Waals surface area (Å²) in [5.74, 6) is -0.381. The normalized spacial score (nSPS) is 14.7. The van der Waals surface area contributed by atoms with Crippen molar-refractivity contribution in [1.29, 1.82) is 0 Å². The Bertz CT molecular complexity index is 967. The lowest BCUT2D eigenvalue weighted by Crippen LogP contribution is -2.41. The number of carbonyl (C=O) groups excluding carboxylic acids is 1. The predicted molar refractivity (Wildman–Crippen MR) is 115 cm³/mol. The zero-order chi connectivity index (χ0) is 21.5. The Morgan fingerprint density at radius 1 is 1.06 bits per heavy atom. The Morgan fingerprint density at radius 2 is 1.81 bits per heavy atom. The van der Waals surface area contributed by atoms with Crippen molar-refractivity contribution in [3.05, 3.63) is 77.7 Å². The van der Waals surface area contributed by atoms with Gasteiger partial charge in [-0.1, -0.05) is 30.3 Å². The van der Waals surface area contributed by atoms with Crippen molar-refractivity contribution >= 4 is 5.91 Å². The molecule has 0 aliphatic carbocycles. The molecule has 4 rings (SSSR count). The second kappa shape index (κ2) is 10.3. The van der Waals surface area contributed by atoms with Gasteiger partial charge in [0.2, 0.25) is 0 Å². The summed E-state index contributed by atoms with van der Waals surface area (Å²) in [5.41, 5.74) is 2.97. The number of likely N-dealkylation sites (tertiary alicyclic amines) is 1. The maximum absolute atomic E-state index is 13.1. The molecule has 6 nitrogen and oxygen atoms in total. The van der Waals surface area contributed by atoms with Crippen LogP contribution in [0.4, 0.5) is 4.39 Å². The van der Waals surface area contributed by atoms with E-state index >= 15 is 0 Å². The molecule has 1 aliphatic heterocycles. The number of ether oxygens (including phenoxy) is 2. The molecular weight excluding hydrogens is 397 g/mol. The lowest BCUT2D eigenvalue weighted by Gasteiger charge is -2.31. The molecule has 0 spiro atoms. The van der Waals surface area contributed by atoms with Crippen LogP contribution < -0.4 is 0 Å². The first-order valence-electron chi connectivity index (χ1n) is 10.5. The predicted octanol–water partition coefficient (Wildman–Crippen LogP) is 4.05. The highest BCUT2D eigenvalue weighted by Gasteiger charge is 2.25. The molecule has 0 atom stereocenters. The first-order valence-corrected chi connectivity index (χ1v) is 10.5. The summed E-state index contributed by atoms with van der Waals surface area (Å²) in [7, 11) is 0. The lowest BCUT2D eigenvalue weighted by molar-refractivity contribution is -0.0229. The fourth-order valence-electron chi connectivity index (χ4n) is 3.63. The molecule has 2 aromatic carbocycles. The number of aromatic nitrogens is 2. The average Bonchev–Trinajstić information content (AvgIpc) is 3.30. The number of aromatic amines is 1. The van der Waals surface area contributed by atoms with Crippen molar-refractivity contribution in [2.24, 2.45) is 0 Å². The van der Waals surface area contributed by atoms with E-state index in [2.05, 4.69) is 10.2 Å². The molecule has 1 aromatic heterocycles. The van der Waals surface area contributed by atoms with Crippen LogP contribution in [0.3, 0.4) is 0 Å². The quantitative estimate of drug-likeness (QED) is 0.555. The molecule has 1 saturated heterocycles. The van der Waals surface area contributed by atoms with Crippen LogP contribution in [0, 0.1) is 5.82 Å². The summed E-state index contributed by atoms with van der Waals surface area (Å²) in [5, 5.41) is 7.00. The summed E-state index contributed by atoms with van der Waals surface area (Å²) in [4.78, 5) is 14.6. The van der Waals surface area contributed by atoms with E-state index < -0.39 is 0 Å². The summed E-state index contributed by atoms with van der Waals surface area (Å²) in [6.07, 6.45) is 1.73. The minimum Gasteiger partial charge on any atom is -0.376 e. The maximum Gasteiger partial charge on any atom is 0.271 e. The number of halogens is 1. The second-order valence-corrected chi connectivity index (χ2v) is 7.57. The van der Waals surface area contributed by atoms with Gasteiger partial charge in [-0.2, -0.15) is 5.10 Å². The SMILES string of the molecule is O=C(c1cc(-c2ccc(F)cc2)n[nH]1)N1CCC(OCCOCc2ccccc2)CC1. The van der Waals surface area contributed by atoms with Gasteiger partial charge in [0.25, 0.3) is 5.91 Å². The highest BCUT2D eigenvalue weighted by atomic mass is 19.1.